The van der Waals surface area contributed by atoms with E-state index in [1.807, 2.05) is 18.2 Å². The van der Waals surface area contributed by atoms with Gasteiger partial charge in [-0.25, -0.2) is 0 Å². The maximum absolute atomic E-state index is 12.1. The molecule has 6 heteroatoms. The Hall–Kier alpha value is -1.96. The average Bonchev–Trinajstić information content (AvgIpc) is 2.54. The van der Waals surface area contributed by atoms with Gasteiger partial charge < -0.3 is 19.5 Å². The van der Waals surface area contributed by atoms with Gasteiger partial charge in [0.1, 0.15) is 0 Å². The fourth-order valence-electron chi connectivity index (χ4n) is 1.95. The summed E-state index contributed by atoms with van der Waals surface area (Å²) in [5, 5.41) is 2.80. The Kier molecular flexibility index (Phi) is 6.97. The van der Waals surface area contributed by atoms with Crippen molar-refractivity contribution in [3.8, 4) is 17.2 Å². The minimum Gasteiger partial charge on any atom is -0.493 e. The Morgan fingerprint density at radius 1 is 0.909 bits per heavy atom. The molecule has 5 nitrogen and oxygen atoms in total. The molecule has 0 bridgehead atoms. The van der Waals surface area contributed by atoms with Crippen molar-refractivity contribution in [2.24, 2.45) is 0 Å². The van der Waals surface area contributed by atoms with Crippen molar-refractivity contribution in [3.05, 3.63) is 48.0 Å². The van der Waals surface area contributed by atoms with Gasteiger partial charge in [-0.1, -0.05) is 18.2 Å². The molecule has 0 saturated carbocycles. The van der Waals surface area contributed by atoms with Gasteiger partial charge in [0.25, 0.3) is 5.91 Å². The third-order valence-corrected chi connectivity index (χ3v) is 2.96. The normalized spacial score (nSPS) is 9.41. The quantitative estimate of drug-likeness (QED) is 0.759. The topological polar surface area (TPSA) is 56.8 Å². The number of methoxy groups -OCH3 is 3. The largest absolute Gasteiger partial charge is 0.493 e. The highest BCUT2D eigenvalue weighted by Crippen LogP contribution is 2.39. The zero-order valence-electron chi connectivity index (χ0n) is 12.6. The molecule has 0 atom stereocenters. The molecule has 118 valence electrons. The van der Waals surface area contributed by atoms with Crippen LogP contribution in [-0.4, -0.2) is 27.2 Å². The Morgan fingerprint density at radius 2 is 1.45 bits per heavy atom. The van der Waals surface area contributed by atoms with Crippen LogP contribution in [0.2, 0.25) is 0 Å². The molecule has 0 radical (unpaired) electrons. The molecule has 0 spiro atoms. The van der Waals surface area contributed by atoms with E-state index in [1.165, 1.54) is 21.3 Å². The van der Waals surface area contributed by atoms with Crippen molar-refractivity contribution < 1.29 is 19.0 Å². The van der Waals surface area contributed by atoms with Crippen LogP contribution < -0.4 is 19.5 Å². The monoisotopic (exact) mass is 415 g/mol. The molecular weight excluding hydrogens is 397 g/mol. The van der Waals surface area contributed by atoms with Crippen LogP contribution >= 0.6 is 24.0 Å². The zero-order valence-corrected chi connectivity index (χ0v) is 14.9. The van der Waals surface area contributed by atoms with Crippen molar-refractivity contribution in [2.75, 3.05) is 26.6 Å². The van der Waals surface area contributed by atoms with E-state index in [1.54, 1.807) is 24.3 Å². The van der Waals surface area contributed by atoms with Crippen LogP contribution in [0, 0.1) is 0 Å². The second-order valence-corrected chi connectivity index (χ2v) is 4.23. The van der Waals surface area contributed by atoms with Crippen molar-refractivity contribution in [2.45, 2.75) is 0 Å². The van der Waals surface area contributed by atoms with Gasteiger partial charge in [0.05, 0.1) is 21.3 Å². The van der Waals surface area contributed by atoms with Gasteiger partial charge in [0, 0.05) is 23.4 Å². The number of benzene rings is 2. The zero-order chi connectivity index (χ0) is 15.2. The van der Waals surface area contributed by atoms with Crippen LogP contribution in [0.15, 0.2) is 42.5 Å². The van der Waals surface area contributed by atoms with Crippen LogP contribution in [0.1, 0.15) is 10.4 Å². The lowest BCUT2D eigenvalue weighted by Gasteiger charge is -2.14. The minimum atomic E-state index is -0.204. The first-order valence-corrected chi connectivity index (χ1v) is 6.36. The maximum Gasteiger partial charge on any atom is 0.255 e. The first kappa shape index (κ1) is 18.1. The molecule has 0 aliphatic carbocycles. The second kappa shape index (κ2) is 8.47. The molecule has 22 heavy (non-hydrogen) atoms. The van der Waals surface area contributed by atoms with E-state index in [0.717, 1.165) is 0 Å². The number of carbonyl (C=O) groups is 1. The molecule has 2 rings (SSSR count). The smallest absolute Gasteiger partial charge is 0.255 e. The number of nitrogens with one attached hydrogen (secondary N) is 1. The third-order valence-electron chi connectivity index (χ3n) is 2.96. The van der Waals surface area contributed by atoms with E-state index < -0.39 is 0 Å². The number of amides is 1. The standard InChI is InChI=1S/C16H17NO4.HI/c1-19-13-9-12(10-14(20-2)15(13)21-3)17-16(18)11-7-5-4-6-8-11;/h4-10H,1-3H3,(H,17,18);1H. The van der Waals surface area contributed by atoms with E-state index in [2.05, 4.69) is 5.32 Å². The molecule has 0 aliphatic rings. The molecule has 2 aromatic rings. The molecule has 0 aliphatic heterocycles. The molecule has 1 amide bonds. The summed E-state index contributed by atoms with van der Waals surface area (Å²) in [7, 11) is 4.59. The van der Waals surface area contributed by atoms with E-state index >= 15 is 0 Å². The van der Waals surface area contributed by atoms with E-state index in [0.29, 0.717) is 28.5 Å². The van der Waals surface area contributed by atoms with E-state index in [-0.39, 0.29) is 29.9 Å². The van der Waals surface area contributed by atoms with E-state index in [4.69, 9.17) is 14.2 Å². The van der Waals surface area contributed by atoms with Crippen molar-refractivity contribution >= 4 is 35.6 Å². The minimum absolute atomic E-state index is 0. The molecule has 0 saturated heterocycles. The lowest BCUT2D eigenvalue weighted by Crippen LogP contribution is -2.12. The Bertz CT molecular complexity index is 606. The third kappa shape index (κ3) is 4.03. The summed E-state index contributed by atoms with van der Waals surface area (Å²) in [6.07, 6.45) is 0. The van der Waals surface area contributed by atoms with Crippen LogP contribution in [0.4, 0.5) is 5.69 Å². The predicted molar refractivity (Wildman–Crippen MR) is 95.9 cm³/mol. The summed E-state index contributed by atoms with van der Waals surface area (Å²) in [4.78, 5) is 12.1. The molecule has 2 aromatic carbocycles. The molecule has 0 aromatic heterocycles. The summed E-state index contributed by atoms with van der Waals surface area (Å²) in [6, 6.07) is 12.3. The highest BCUT2D eigenvalue weighted by Gasteiger charge is 2.14. The van der Waals surface area contributed by atoms with Gasteiger partial charge in [0.2, 0.25) is 5.75 Å². The molecule has 1 N–H and O–H groups in total. The number of ether oxygens (including phenoxy) is 3. The Balaban J connectivity index is 0.00000242. The highest BCUT2D eigenvalue weighted by atomic mass is 127. The predicted octanol–water partition coefficient (Wildman–Crippen LogP) is 3.58. The van der Waals surface area contributed by atoms with Crippen molar-refractivity contribution in [1.82, 2.24) is 0 Å². The van der Waals surface area contributed by atoms with Gasteiger partial charge in [0.15, 0.2) is 11.5 Å². The average molecular weight is 415 g/mol. The van der Waals surface area contributed by atoms with Crippen LogP contribution in [-0.2, 0) is 0 Å². The van der Waals surface area contributed by atoms with Gasteiger partial charge in [-0.2, -0.15) is 0 Å². The second-order valence-electron chi connectivity index (χ2n) is 4.23. The number of hydrogen-bond acceptors (Lipinski definition) is 4. The number of halogens is 1. The molecule has 0 heterocycles. The summed E-state index contributed by atoms with van der Waals surface area (Å²) in [5.74, 6) is 1.25. The maximum atomic E-state index is 12.1. The number of carbonyl (C=O) groups excluding carboxylic acids is 1. The Morgan fingerprint density at radius 3 is 1.91 bits per heavy atom. The number of hydrogen-bond donors (Lipinski definition) is 1. The summed E-state index contributed by atoms with van der Waals surface area (Å²) >= 11 is 0. The molecule has 0 fully saturated rings. The first-order chi connectivity index (χ1) is 10.2. The summed E-state index contributed by atoms with van der Waals surface area (Å²) < 4.78 is 15.7. The fourth-order valence-corrected chi connectivity index (χ4v) is 1.95. The lowest BCUT2D eigenvalue weighted by molar-refractivity contribution is 0.102. The van der Waals surface area contributed by atoms with Crippen molar-refractivity contribution in [1.29, 1.82) is 0 Å². The number of rotatable bonds is 5. The van der Waals surface area contributed by atoms with Gasteiger partial charge in [-0.15, -0.1) is 24.0 Å². The fraction of sp³-hybridized carbons (Fsp3) is 0.188. The first-order valence-electron chi connectivity index (χ1n) is 6.36. The molecular formula is C16H18INO4. The summed E-state index contributed by atoms with van der Waals surface area (Å²) in [5.41, 5.74) is 1.14. The summed E-state index contributed by atoms with van der Waals surface area (Å²) in [6.45, 7) is 0. The van der Waals surface area contributed by atoms with Gasteiger partial charge in [-0.3, -0.25) is 4.79 Å². The van der Waals surface area contributed by atoms with Gasteiger partial charge >= 0.3 is 0 Å². The SMILES string of the molecule is COc1cc(NC(=O)c2ccccc2)cc(OC)c1OC.I. The highest BCUT2D eigenvalue weighted by molar-refractivity contribution is 14.0. The Labute approximate surface area is 146 Å². The number of anilines is 1. The van der Waals surface area contributed by atoms with E-state index in [9.17, 15) is 4.79 Å². The lowest BCUT2D eigenvalue weighted by atomic mass is 10.2. The van der Waals surface area contributed by atoms with Gasteiger partial charge in [-0.05, 0) is 12.1 Å². The van der Waals surface area contributed by atoms with Crippen molar-refractivity contribution in [3.63, 3.8) is 0 Å². The molecule has 0 unspecified atom stereocenters. The van der Waals surface area contributed by atoms with Crippen LogP contribution in [0.25, 0.3) is 0 Å². The van der Waals surface area contributed by atoms with Crippen LogP contribution in [0.5, 0.6) is 17.2 Å². The van der Waals surface area contributed by atoms with Crippen LogP contribution in [0.3, 0.4) is 0 Å².